The molecule has 0 aliphatic rings. The molecule has 0 spiro atoms. The molecule has 4 aromatic rings. The van der Waals surface area contributed by atoms with Gasteiger partial charge in [-0.05, 0) is 58.7 Å². The lowest BCUT2D eigenvalue weighted by Gasteiger charge is -2.12. The van der Waals surface area contributed by atoms with Gasteiger partial charge in [-0.3, -0.25) is 4.79 Å². The van der Waals surface area contributed by atoms with E-state index in [1.165, 1.54) is 12.1 Å². The number of hydrogen-bond donors (Lipinski definition) is 3. The van der Waals surface area contributed by atoms with Gasteiger partial charge in [0.25, 0.3) is 0 Å². The highest BCUT2D eigenvalue weighted by atomic mass is 16.4. The van der Waals surface area contributed by atoms with Crippen LogP contribution in [0.4, 0.5) is 11.4 Å². The average Bonchev–Trinajstić information content (AvgIpc) is 2.83. The molecule has 0 aromatic heterocycles. The van der Waals surface area contributed by atoms with E-state index in [0.29, 0.717) is 6.54 Å². The summed E-state index contributed by atoms with van der Waals surface area (Å²) >= 11 is 0. The lowest BCUT2D eigenvalue weighted by Crippen LogP contribution is -2.13. The van der Waals surface area contributed by atoms with E-state index in [1.54, 1.807) is 12.1 Å². The highest BCUT2D eigenvalue weighted by Gasteiger charge is 2.13. The van der Waals surface area contributed by atoms with Crippen LogP contribution in [0, 0.1) is 0 Å². The van der Waals surface area contributed by atoms with Gasteiger partial charge in [-0.2, -0.15) is 0 Å². The molecule has 1 amide bonds. The molecule has 0 aliphatic carbocycles. The number of nitrogens with one attached hydrogen (secondary N) is 2. The summed E-state index contributed by atoms with van der Waals surface area (Å²) < 4.78 is 0. The Labute approximate surface area is 192 Å². The van der Waals surface area contributed by atoms with Gasteiger partial charge in [0.15, 0.2) is 0 Å². The Morgan fingerprint density at radius 2 is 1.58 bits per heavy atom. The van der Waals surface area contributed by atoms with Crippen LogP contribution in [-0.4, -0.2) is 17.0 Å². The van der Waals surface area contributed by atoms with Crippen LogP contribution < -0.4 is 10.6 Å². The third-order valence-electron chi connectivity index (χ3n) is 5.40. The van der Waals surface area contributed by atoms with Crippen LogP contribution in [0.2, 0.25) is 0 Å². The Morgan fingerprint density at radius 3 is 2.33 bits per heavy atom. The zero-order chi connectivity index (χ0) is 23.2. The van der Waals surface area contributed by atoms with Crippen molar-refractivity contribution in [2.24, 2.45) is 0 Å². The lowest BCUT2D eigenvalue weighted by atomic mass is 10.0. The summed E-state index contributed by atoms with van der Waals surface area (Å²) in [7, 11) is 0. The van der Waals surface area contributed by atoms with Gasteiger partial charge in [-0.25, -0.2) is 4.79 Å². The fourth-order valence-corrected chi connectivity index (χ4v) is 3.63. The molecular formula is C28H24N2O3. The van der Waals surface area contributed by atoms with Crippen LogP contribution in [0.25, 0.3) is 16.3 Å². The molecule has 0 fully saturated rings. The number of rotatable bonds is 7. The zero-order valence-electron chi connectivity index (χ0n) is 18.2. The topological polar surface area (TPSA) is 78.4 Å². The van der Waals surface area contributed by atoms with Gasteiger partial charge in [0.2, 0.25) is 5.91 Å². The number of carboxylic acid groups (broad SMARTS) is 1. The number of carbonyl (C=O) groups excluding carboxylic acids is 1. The van der Waals surface area contributed by atoms with Crippen molar-refractivity contribution >= 4 is 39.6 Å². The van der Waals surface area contributed by atoms with Crippen molar-refractivity contribution in [3.05, 3.63) is 114 Å². The minimum atomic E-state index is -1.10. The maximum absolute atomic E-state index is 12.7. The Kier molecular flexibility index (Phi) is 6.51. The fourth-order valence-electron chi connectivity index (χ4n) is 3.63. The molecule has 3 N–H and O–H groups in total. The predicted molar refractivity (Wildman–Crippen MR) is 133 cm³/mol. The van der Waals surface area contributed by atoms with Gasteiger partial charge in [0, 0.05) is 18.3 Å². The van der Waals surface area contributed by atoms with Crippen LogP contribution >= 0.6 is 0 Å². The van der Waals surface area contributed by atoms with Crippen molar-refractivity contribution in [2.45, 2.75) is 13.5 Å². The fraction of sp³-hybridized carbons (Fsp3) is 0.0714. The number of anilines is 2. The van der Waals surface area contributed by atoms with Gasteiger partial charge in [-0.1, -0.05) is 66.7 Å². The number of fused-ring (bicyclic) bond motifs is 1. The number of aromatic carboxylic acids is 1. The first-order valence-electron chi connectivity index (χ1n) is 10.6. The Balaban J connectivity index is 1.53. The number of benzene rings is 4. The number of amides is 1. The highest BCUT2D eigenvalue weighted by molar-refractivity contribution is 6.08. The molecule has 0 heterocycles. The van der Waals surface area contributed by atoms with E-state index in [4.69, 9.17) is 0 Å². The summed E-state index contributed by atoms with van der Waals surface area (Å²) in [5.41, 5.74) is 3.81. The smallest absolute Gasteiger partial charge is 0.337 e. The van der Waals surface area contributed by atoms with E-state index in [9.17, 15) is 14.7 Å². The number of allylic oxidation sites excluding steroid dienone is 1. The molecule has 0 radical (unpaired) electrons. The Morgan fingerprint density at radius 1 is 0.848 bits per heavy atom. The Hall–Kier alpha value is -4.38. The molecule has 0 atom stereocenters. The quantitative estimate of drug-likeness (QED) is 0.302. The second-order valence-electron chi connectivity index (χ2n) is 7.78. The minimum Gasteiger partial charge on any atom is -0.478 e. The van der Waals surface area contributed by atoms with Gasteiger partial charge >= 0.3 is 5.97 Å². The molecule has 4 rings (SSSR count). The van der Waals surface area contributed by atoms with Crippen LogP contribution in [0.3, 0.4) is 0 Å². The molecular weight excluding hydrogens is 412 g/mol. The number of carboxylic acids is 1. The molecule has 0 unspecified atom stereocenters. The highest BCUT2D eigenvalue weighted by Crippen LogP contribution is 2.24. The molecule has 33 heavy (non-hydrogen) atoms. The van der Waals surface area contributed by atoms with Gasteiger partial charge in [0.1, 0.15) is 0 Å². The summed E-state index contributed by atoms with van der Waals surface area (Å²) in [5, 5.41) is 17.8. The van der Waals surface area contributed by atoms with Crippen LogP contribution in [0.15, 0.2) is 97.1 Å². The van der Waals surface area contributed by atoms with E-state index in [2.05, 4.69) is 10.6 Å². The summed E-state index contributed by atoms with van der Waals surface area (Å²) in [6.07, 6.45) is 1.49. The number of hydrogen-bond acceptors (Lipinski definition) is 3. The molecule has 4 aromatic carbocycles. The molecule has 0 bridgehead atoms. The van der Waals surface area contributed by atoms with Crippen molar-refractivity contribution in [3.63, 3.8) is 0 Å². The van der Waals surface area contributed by atoms with Gasteiger partial charge in [-0.15, -0.1) is 0 Å². The first-order valence-corrected chi connectivity index (χ1v) is 10.6. The molecule has 0 saturated carbocycles. The number of carbonyl (C=O) groups is 2. The normalized spacial score (nSPS) is 11.2. The maximum atomic E-state index is 12.7. The van der Waals surface area contributed by atoms with Crippen molar-refractivity contribution in [1.82, 2.24) is 0 Å². The van der Waals surface area contributed by atoms with E-state index in [0.717, 1.165) is 33.2 Å². The van der Waals surface area contributed by atoms with E-state index >= 15 is 0 Å². The zero-order valence-corrected chi connectivity index (χ0v) is 18.2. The van der Waals surface area contributed by atoms with Crippen LogP contribution in [0.5, 0.6) is 0 Å². The summed E-state index contributed by atoms with van der Waals surface area (Å²) in [5.74, 6) is -1.49. The Bertz CT molecular complexity index is 1340. The van der Waals surface area contributed by atoms with Crippen molar-refractivity contribution in [2.75, 3.05) is 10.6 Å². The molecule has 0 saturated heterocycles. The van der Waals surface area contributed by atoms with Crippen molar-refractivity contribution in [3.8, 4) is 0 Å². The van der Waals surface area contributed by atoms with E-state index in [1.807, 2.05) is 79.7 Å². The third-order valence-corrected chi connectivity index (χ3v) is 5.40. The van der Waals surface area contributed by atoms with E-state index < -0.39 is 5.97 Å². The molecule has 0 aliphatic heterocycles. The van der Waals surface area contributed by atoms with Gasteiger partial charge < -0.3 is 15.7 Å². The standard InChI is InChI=1S/C28H24N2O3/c1-19(22-12-11-21-9-5-6-10-23(21)16-22)15-27(31)30-26-17-24(13-14-25(26)28(32)33)29-18-20-7-3-2-4-8-20/h2-17,29H,18H2,1H3,(H,30,31)(H,32,33)/b19-15-. The SMILES string of the molecule is C/C(=C/C(=O)Nc1cc(NCc2ccccc2)ccc1C(=O)O)c1ccc2ccccc2c1. The lowest BCUT2D eigenvalue weighted by molar-refractivity contribution is -0.111. The van der Waals surface area contributed by atoms with Crippen LogP contribution in [0.1, 0.15) is 28.4 Å². The minimum absolute atomic E-state index is 0.0327. The third kappa shape index (κ3) is 5.46. The second kappa shape index (κ2) is 9.83. The summed E-state index contributed by atoms with van der Waals surface area (Å²) in [6.45, 7) is 2.45. The first-order chi connectivity index (χ1) is 16.0. The van der Waals surface area contributed by atoms with Crippen LogP contribution in [-0.2, 0) is 11.3 Å². The first kappa shape index (κ1) is 21.8. The summed E-state index contributed by atoms with van der Waals surface area (Å²) in [6, 6.07) is 28.7. The average molecular weight is 437 g/mol. The monoisotopic (exact) mass is 436 g/mol. The van der Waals surface area contributed by atoms with E-state index in [-0.39, 0.29) is 17.2 Å². The maximum Gasteiger partial charge on any atom is 0.337 e. The van der Waals surface area contributed by atoms with Crippen molar-refractivity contribution < 1.29 is 14.7 Å². The van der Waals surface area contributed by atoms with Gasteiger partial charge in [0.05, 0.1) is 11.3 Å². The molecule has 5 heteroatoms. The largest absolute Gasteiger partial charge is 0.478 e. The second-order valence-corrected chi connectivity index (χ2v) is 7.78. The predicted octanol–water partition coefficient (Wildman–Crippen LogP) is 6.19. The molecule has 5 nitrogen and oxygen atoms in total. The molecule has 164 valence electrons. The summed E-state index contributed by atoms with van der Waals surface area (Å²) in [4.78, 5) is 24.4. The van der Waals surface area contributed by atoms with Crippen molar-refractivity contribution in [1.29, 1.82) is 0 Å².